The molecule has 0 unspecified atom stereocenters. The molecule has 9 aromatic carbocycles. The Kier molecular flexibility index (Phi) is 7.20. The Morgan fingerprint density at radius 3 is 1.45 bits per heavy atom. The first-order valence-corrected chi connectivity index (χ1v) is 18.7. The second-order valence-corrected chi connectivity index (χ2v) is 14.3. The van der Waals surface area contributed by atoms with Crippen molar-refractivity contribution in [1.29, 1.82) is 5.26 Å². The summed E-state index contributed by atoms with van der Waals surface area (Å²) in [6.45, 7) is 0. The van der Waals surface area contributed by atoms with Crippen LogP contribution in [0, 0.1) is 11.3 Å². The van der Waals surface area contributed by atoms with Gasteiger partial charge in [0.25, 0.3) is 0 Å². The number of nitrogens with zero attached hydrogens (tertiary/aromatic N) is 4. The largest absolute Gasteiger partial charge is 0.208 e. The highest BCUT2D eigenvalue weighted by Crippen LogP contribution is 2.52. The van der Waals surface area contributed by atoms with Crippen LogP contribution in [-0.4, -0.2) is 15.0 Å². The Morgan fingerprint density at radius 1 is 0.321 bits per heavy atom. The number of hydrogen-bond donors (Lipinski definition) is 0. The Bertz CT molecular complexity index is 3170. The van der Waals surface area contributed by atoms with Gasteiger partial charge >= 0.3 is 0 Å². The van der Waals surface area contributed by atoms with Crippen LogP contribution in [0.25, 0.3) is 111 Å². The zero-order valence-corrected chi connectivity index (χ0v) is 30.1. The molecule has 4 heteroatoms. The van der Waals surface area contributed by atoms with Crippen LogP contribution in [0.2, 0.25) is 0 Å². The van der Waals surface area contributed by atoms with Gasteiger partial charge in [-0.15, -0.1) is 0 Å². The third-order valence-electron chi connectivity index (χ3n) is 11.1. The fourth-order valence-corrected chi connectivity index (χ4v) is 8.51. The van der Waals surface area contributed by atoms with Crippen molar-refractivity contribution < 1.29 is 0 Å². The van der Waals surface area contributed by atoms with E-state index < -0.39 is 0 Å². The quantitative estimate of drug-likeness (QED) is 0.178. The molecule has 56 heavy (non-hydrogen) atoms. The highest BCUT2D eigenvalue weighted by molar-refractivity contribution is 6.24. The van der Waals surface area contributed by atoms with E-state index in [0.717, 1.165) is 49.4 Å². The summed E-state index contributed by atoms with van der Waals surface area (Å²) in [5.41, 5.74) is 13.1. The summed E-state index contributed by atoms with van der Waals surface area (Å²) in [6.07, 6.45) is 0. The zero-order valence-electron chi connectivity index (χ0n) is 30.1. The third kappa shape index (κ3) is 5.03. The van der Waals surface area contributed by atoms with E-state index in [4.69, 9.17) is 15.0 Å². The van der Waals surface area contributed by atoms with E-state index in [1.165, 1.54) is 44.2 Å². The lowest BCUT2D eigenvalue weighted by Gasteiger charge is -2.17. The molecule has 0 atom stereocenters. The Hall–Kier alpha value is -7.74. The van der Waals surface area contributed by atoms with E-state index in [0.29, 0.717) is 23.0 Å². The smallest absolute Gasteiger partial charge is 0.164 e. The number of fused-ring (bicyclic) bond motifs is 5. The molecule has 0 amide bonds. The zero-order chi connectivity index (χ0) is 37.2. The van der Waals surface area contributed by atoms with Crippen LogP contribution < -0.4 is 0 Å². The predicted octanol–water partition coefficient (Wildman–Crippen LogP) is 13.2. The van der Waals surface area contributed by atoms with Gasteiger partial charge in [0, 0.05) is 16.7 Å². The maximum atomic E-state index is 9.54. The molecular formula is C52H30N4. The van der Waals surface area contributed by atoms with E-state index in [2.05, 4.69) is 109 Å². The van der Waals surface area contributed by atoms with E-state index in [9.17, 15) is 5.26 Å². The third-order valence-corrected chi connectivity index (χ3v) is 11.1. The minimum atomic E-state index is 0.632. The summed E-state index contributed by atoms with van der Waals surface area (Å²) in [6, 6.07) is 65.9. The summed E-state index contributed by atoms with van der Waals surface area (Å²) in [5, 5.41) is 16.4. The van der Waals surface area contributed by atoms with Crippen LogP contribution in [0.15, 0.2) is 182 Å². The van der Waals surface area contributed by atoms with Gasteiger partial charge in [-0.2, -0.15) is 5.26 Å². The molecule has 0 bridgehead atoms. The predicted molar refractivity (Wildman–Crippen MR) is 229 cm³/mol. The van der Waals surface area contributed by atoms with Crippen molar-refractivity contribution in [2.75, 3.05) is 0 Å². The first kappa shape index (κ1) is 31.8. The molecule has 1 aliphatic carbocycles. The molecule has 0 fully saturated rings. The molecule has 0 saturated heterocycles. The average Bonchev–Trinajstić information content (AvgIpc) is 3.60. The van der Waals surface area contributed by atoms with Crippen molar-refractivity contribution in [3.05, 3.63) is 188 Å². The molecule has 11 rings (SSSR count). The van der Waals surface area contributed by atoms with Crippen LogP contribution in [0.3, 0.4) is 0 Å². The highest BCUT2D eigenvalue weighted by atomic mass is 15.0. The molecule has 1 aliphatic rings. The van der Waals surface area contributed by atoms with Gasteiger partial charge in [-0.05, 0) is 95.0 Å². The van der Waals surface area contributed by atoms with Crippen LogP contribution in [0.5, 0.6) is 0 Å². The van der Waals surface area contributed by atoms with Gasteiger partial charge in [0.15, 0.2) is 17.5 Å². The first-order chi connectivity index (χ1) is 27.7. The molecule has 0 N–H and O–H groups in total. The highest BCUT2D eigenvalue weighted by Gasteiger charge is 2.26. The second-order valence-electron chi connectivity index (χ2n) is 14.3. The van der Waals surface area contributed by atoms with Crippen molar-refractivity contribution in [2.45, 2.75) is 0 Å². The van der Waals surface area contributed by atoms with Gasteiger partial charge < -0.3 is 0 Å². The van der Waals surface area contributed by atoms with Gasteiger partial charge in [0.05, 0.1) is 11.6 Å². The number of hydrogen-bond acceptors (Lipinski definition) is 4. The molecule has 0 saturated carbocycles. The molecule has 0 spiro atoms. The van der Waals surface area contributed by atoms with Crippen LogP contribution in [0.1, 0.15) is 5.56 Å². The molecule has 10 aromatic rings. The van der Waals surface area contributed by atoms with Gasteiger partial charge in [0.2, 0.25) is 0 Å². The van der Waals surface area contributed by atoms with E-state index in [1.54, 1.807) is 0 Å². The van der Waals surface area contributed by atoms with E-state index >= 15 is 0 Å². The van der Waals surface area contributed by atoms with Crippen molar-refractivity contribution in [3.63, 3.8) is 0 Å². The number of aromatic nitrogens is 3. The van der Waals surface area contributed by atoms with Crippen molar-refractivity contribution in [3.8, 4) is 84.7 Å². The summed E-state index contributed by atoms with van der Waals surface area (Å²) in [4.78, 5) is 15.2. The van der Waals surface area contributed by atoms with Gasteiger partial charge in [-0.1, -0.05) is 164 Å². The number of nitriles is 1. The molecule has 4 nitrogen and oxygen atoms in total. The lowest BCUT2D eigenvalue weighted by atomic mass is 9.86. The molecule has 0 aliphatic heterocycles. The Balaban J connectivity index is 1.16. The molecule has 1 heterocycles. The standard InChI is InChI=1S/C52H30N4/c53-31-32-21-22-36-30-37(24-23-35(36)29-32)38-25-26-45-40-15-7-8-16-41(40)46-28-27-44(48(38)49(45)46)42-18-9-19-43-39(42)17-10-20-47(43)52-55-50(33-11-3-1-4-12-33)54-51(56-52)34-13-5-2-6-14-34/h1-30H. The fourth-order valence-electron chi connectivity index (χ4n) is 8.51. The summed E-state index contributed by atoms with van der Waals surface area (Å²) >= 11 is 0. The minimum absolute atomic E-state index is 0.632. The van der Waals surface area contributed by atoms with Crippen LogP contribution in [0.4, 0.5) is 0 Å². The monoisotopic (exact) mass is 710 g/mol. The van der Waals surface area contributed by atoms with Crippen molar-refractivity contribution >= 4 is 32.3 Å². The molecular weight excluding hydrogens is 681 g/mol. The number of benzene rings is 9. The summed E-state index contributed by atoms with van der Waals surface area (Å²) < 4.78 is 0. The molecule has 1 aromatic heterocycles. The molecule has 258 valence electrons. The SMILES string of the molecule is N#Cc1ccc2cc(-c3ccc4c5c(ccc(-c6cccc7c(-c8nc(-c9ccccc9)nc(-c9ccccc9)n8)cccc67)c35)-c3ccccc3-4)ccc2c1. The topological polar surface area (TPSA) is 62.5 Å². The van der Waals surface area contributed by atoms with Crippen LogP contribution in [-0.2, 0) is 0 Å². The summed E-state index contributed by atoms with van der Waals surface area (Å²) in [5.74, 6) is 1.91. The van der Waals surface area contributed by atoms with Crippen LogP contribution >= 0.6 is 0 Å². The van der Waals surface area contributed by atoms with Gasteiger partial charge in [-0.3, -0.25) is 0 Å². The summed E-state index contributed by atoms with van der Waals surface area (Å²) in [7, 11) is 0. The van der Waals surface area contributed by atoms with E-state index in [1.807, 2.05) is 78.9 Å². The average molecular weight is 711 g/mol. The van der Waals surface area contributed by atoms with E-state index in [-0.39, 0.29) is 0 Å². The normalized spacial score (nSPS) is 11.6. The maximum absolute atomic E-state index is 9.54. The molecule has 0 radical (unpaired) electrons. The van der Waals surface area contributed by atoms with Gasteiger partial charge in [-0.25, -0.2) is 15.0 Å². The lowest BCUT2D eigenvalue weighted by Crippen LogP contribution is -2.00. The van der Waals surface area contributed by atoms with Crippen molar-refractivity contribution in [1.82, 2.24) is 15.0 Å². The van der Waals surface area contributed by atoms with Gasteiger partial charge in [0.1, 0.15) is 0 Å². The maximum Gasteiger partial charge on any atom is 0.164 e. The lowest BCUT2D eigenvalue weighted by molar-refractivity contribution is 1.08. The first-order valence-electron chi connectivity index (χ1n) is 18.7. The minimum Gasteiger partial charge on any atom is -0.208 e. The Morgan fingerprint density at radius 2 is 0.804 bits per heavy atom. The fraction of sp³-hybridized carbons (Fsp3) is 0. The second kappa shape index (κ2) is 12.7. The number of rotatable bonds is 5. The Labute approximate surface area is 323 Å². The van der Waals surface area contributed by atoms with Crippen molar-refractivity contribution in [2.24, 2.45) is 0 Å².